The van der Waals surface area contributed by atoms with Gasteiger partial charge < -0.3 is 19.8 Å². The van der Waals surface area contributed by atoms with Gasteiger partial charge in [0.15, 0.2) is 0 Å². The zero-order valence-electron chi connectivity index (χ0n) is 36.5. The molecule has 2 N–H and O–H groups in total. The molecule has 0 radical (unpaired) electrons. The van der Waals surface area contributed by atoms with Crippen molar-refractivity contribution in [3.8, 4) is 0 Å². The van der Waals surface area contributed by atoms with E-state index in [-0.39, 0.29) is 23.6 Å². The van der Waals surface area contributed by atoms with Crippen LogP contribution in [0.15, 0.2) is 101 Å². The number of carbonyl (C=O) groups is 3. The number of hydrogen-bond acceptors (Lipinski definition) is 7. The summed E-state index contributed by atoms with van der Waals surface area (Å²) in [5, 5.41) is 2.62. The normalized spacial score (nSPS) is 20.3. The maximum Gasteiger partial charge on any atom is 0.261 e. The van der Waals surface area contributed by atoms with E-state index in [1.807, 2.05) is 35.2 Å². The maximum atomic E-state index is 13.9. The average Bonchev–Trinajstić information content (AvgIpc) is 4.18. The van der Waals surface area contributed by atoms with Crippen LogP contribution < -0.4 is 0 Å². The number of aromatic amines is 2. The maximum absolute atomic E-state index is 13.9. The molecule has 0 saturated carbocycles. The SMILES string of the molecule is CSc1ccc2[nH]cc(C[C@H]3CCCN3CCCCN3C(=O)c4ccc(C5C[C@H](Cc6c[nH]c7ccc(SC)cc67)N(CCCCN6Cc7ccccc7C6=O)C5)cc4C3=O)c2c1. The Morgan fingerprint density at radius 2 is 1.29 bits per heavy atom. The molecule has 4 aliphatic heterocycles. The molecule has 4 aromatic carbocycles. The second kappa shape index (κ2) is 18.4. The van der Waals surface area contributed by atoms with Crippen molar-refractivity contribution in [2.24, 2.45) is 0 Å². The van der Waals surface area contributed by atoms with Gasteiger partial charge in [-0.25, -0.2) is 0 Å². The van der Waals surface area contributed by atoms with Crippen molar-refractivity contribution in [2.45, 2.75) is 92.1 Å². The molecule has 6 heterocycles. The van der Waals surface area contributed by atoms with Crippen molar-refractivity contribution in [3.63, 3.8) is 0 Å². The monoisotopic (exact) mass is 878 g/mol. The van der Waals surface area contributed by atoms with Gasteiger partial charge in [0.2, 0.25) is 0 Å². The van der Waals surface area contributed by atoms with Gasteiger partial charge in [-0.05, 0) is 173 Å². The van der Waals surface area contributed by atoms with Gasteiger partial charge in [0, 0.05) is 87.8 Å². The third-order valence-corrected chi connectivity index (χ3v) is 15.9. The van der Waals surface area contributed by atoms with E-state index in [2.05, 4.69) is 93.2 Å². The predicted octanol–water partition coefficient (Wildman–Crippen LogP) is 10.0. The highest BCUT2D eigenvalue weighted by molar-refractivity contribution is 7.98. The number of carbonyl (C=O) groups excluding carboxylic acids is 3. The van der Waals surface area contributed by atoms with Gasteiger partial charge in [-0.3, -0.25) is 24.2 Å². The van der Waals surface area contributed by atoms with Crippen molar-refractivity contribution in [2.75, 3.05) is 51.8 Å². The van der Waals surface area contributed by atoms with Gasteiger partial charge in [-0.1, -0.05) is 24.3 Å². The molecule has 4 aliphatic rings. The lowest BCUT2D eigenvalue weighted by atomic mass is 9.92. The zero-order valence-corrected chi connectivity index (χ0v) is 38.2. The van der Waals surface area contributed by atoms with Crippen LogP contribution in [-0.4, -0.2) is 111 Å². The molecule has 2 aromatic heterocycles. The summed E-state index contributed by atoms with van der Waals surface area (Å²) in [6, 6.07) is 28.2. The fourth-order valence-corrected chi connectivity index (χ4v) is 11.9. The summed E-state index contributed by atoms with van der Waals surface area (Å²) in [6.07, 6.45) is 17.7. The second-order valence-corrected chi connectivity index (χ2v) is 19.9. The quantitative estimate of drug-likeness (QED) is 0.0535. The number of amides is 3. The van der Waals surface area contributed by atoms with E-state index in [1.165, 1.54) is 54.9 Å². The Morgan fingerprint density at radius 1 is 0.635 bits per heavy atom. The minimum absolute atomic E-state index is 0.145. The summed E-state index contributed by atoms with van der Waals surface area (Å²) in [7, 11) is 0. The minimum atomic E-state index is -0.154. The molecule has 3 amide bonds. The number of unbranched alkanes of at least 4 members (excludes halogenated alkanes) is 2. The standard InChI is InChI=1S/C52H58N6O3S2/c1-62-41-14-17-48-45(28-41)36(30-53-48)24-39-11-9-22-55(39)19-7-8-23-58-51(60)44-16-13-34(27-47(44)52(58)61)38-26-40(25-37-31-54-49-18-15-42(63-2)29-46(37)49)56(33-38)20-5-6-21-57-32-35-10-3-4-12-43(35)50(57)59/h3-4,10,12-18,27-31,38-40,53-54H,5-9,11,19-26,32-33H2,1-2H3/t38?,39-,40+/m1/s1. The van der Waals surface area contributed by atoms with E-state index in [9.17, 15) is 14.4 Å². The van der Waals surface area contributed by atoms with Crippen LogP contribution in [-0.2, 0) is 19.4 Å². The molecule has 11 heteroatoms. The fraction of sp³-hybridized carbons (Fsp3) is 0.404. The molecule has 0 aliphatic carbocycles. The number of rotatable bonds is 17. The minimum Gasteiger partial charge on any atom is -0.361 e. The first-order valence-corrected chi connectivity index (χ1v) is 25.4. The van der Waals surface area contributed by atoms with Crippen LogP contribution in [0.3, 0.4) is 0 Å². The predicted molar refractivity (Wildman–Crippen MR) is 256 cm³/mol. The number of imide groups is 1. The third-order valence-electron chi connectivity index (χ3n) is 14.4. The first kappa shape index (κ1) is 42.2. The number of thioether (sulfide) groups is 2. The van der Waals surface area contributed by atoms with Crippen LogP contribution in [0, 0.1) is 0 Å². The van der Waals surface area contributed by atoms with Crippen molar-refractivity contribution >= 4 is 63.1 Å². The van der Waals surface area contributed by atoms with E-state index in [0.717, 1.165) is 99.9 Å². The molecular formula is C52H58N6O3S2. The molecule has 2 saturated heterocycles. The highest BCUT2D eigenvalue weighted by atomic mass is 32.2. The number of likely N-dealkylation sites (tertiary alicyclic amines) is 2. The zero-order chi connectivity index (χ0) is 43.0. The number of nitrogens with zero attached hydrogens (tertiary/aromatic N) is 4. The van der Waals surface area contributed by atoms with Crippen molar-refractivity contribution in [1.82, 2.24) is 29.6 Å². The van der Waals surface area contributed by atoms with Crippen LogP contribution >= 0.6 is 23.5 Å². The van der Waals surface area contributed by atoms with Gasteiger partial charge >= 0.3 is 0 Å². The van der Waals surface area contributed by atoms with Crippen LogP contribution in [0.4, 0.5) is 0 Å². The van der Waals surface area contributed by atoms with E-state index >= 15 is 0 Å². The molecular weight excluding hydrogens is 821 g/mol. The fourth-order valence-electron chi connectivity index (χ4n) is 11.0. The van der Waals surface area contributed by atoms with E-state index in [1.54, 1.807) is 23.5 Å². The third kappa shape index (κ3) is 8.50. The smallest absolute Gasteiger partial charge is 0.261 e. The van der Waals surface area contributed by atoms with Gasteiger partial charge in [0.1, 0.15) is 0 Å². The molecule has 10 rings (SSSR count). The molecule has 326 valence electrons. The summed E-state index contributed by atoms with van der Waals surface area (Å²) < 4.78 is 0. The van der Waals surface area contributed by atoms with Crippen LogP contribution in [0.25, 0.3) is 21.8 Å². The van der Waals surface area contributed by atoms with E-state index < -0.39 is 0 Å². The number of hydrogen-bond donors (Lipinski definition) is 2. The Hall–Kier alpha value is -4.81. The second-order valence-electron chi connectivity index (χ2n) is 18.1. The Balaban J connectivity index is 0.770. The Kier molecular flexibility index (Phi) is 12.3. The topological polar surface area (TPSA) is 95.8 Å². The molecule has 63 heavy (non-hydrogen) atoms. The lowest BCUT2D eigenvalue weighted by Gasteiger charge is -2.25. The van der Waals surface area contributed by atoms with Crippen molar-refractivity contribution in [3.05, 3.63) is 130 Å². The van der Waals surface area contributed by atoms with Crippen molar-refractivity contribution < 1.29 is 14.4 Å². The molecule has 1 unspecified atom stereocenters. The van der Waals surface area contributed by atoms with Gasteiger partial charge in [0.05, 0.1) is 11.1 Å². The summed E-state index contributed by atoms with van der Waals surface area (Å²) in [5.74, 6) is 0.103. The van der Waals surface area contributed by atoms with E-state index in [0.29, 0.717) is 36.3 Å². The lowest BCUT2D eigenvalue weighted by Crippen LogP contribution is -2.34. The van der Waals surface area contributed by atoms with Gasteiger partial charge in [-0.15, -0.1) is 23.5 Å². The summed E-state index contributed by atoms with van der Waals surface area (Å²) in [5.41, 5.74) is 9.31. The first-order valence-electron chi connectivity index (χ1n) is 23.0. The number of nitrogens with one attached hydrogen (secondary N) is 2. The van der Waals surface area contributed by atoms with Gasteiger partial charge in [0.25, 0.3) is 17.7 Å². The molecule has 2 fully saturated rings. The lowest BCUT2D eigenvalue weighted by molar-refractivity contribution is 0.0649. The molecule has 6 aromatic rings. The number of benzene rings is 4. The molecule has 0 bridgehead atoms. The summed E-state index contributed by atoms with van der Waals surface area (Å²) in [4.78, 5) is 59.0. The number of aromatic nitrogens is 2. The number of H-pyrrole nitrogens is 2. The molecule has 9 nitrogen and oxygen atoms in total. The molecule has 0 spiro atoms. The first-order chi connectivity index (χ1) is 30.8. The molecule has 3 atom stereocenters. The van der Waals surface area contributed by atoms with Crippen LogP contribution in [0.5, 0.6) is 0 Å². The average molecular weight is 879 g/mol. The van der Waals surface area contributed by atoms with Gasteiger partial charge in [-0.2, -0.15) is 0 Å². The highest BCUT2D eigenvalue weighted by Crippen LogP contribution is 2.38. The van der Waals surface area contributed by atoms with Crippen LogP contribution in [0.1, 0.15) is 104 Å². The summed E-state index contributed by atoms with van der Waals surface area (Å²) >= 11 is 3.55. The Bertz CT molecular complexity index is 2670. The summed E-state index contributed by atoms with van der Waals surface area (Å²) in [6.45, 7) is 5.85. The van der Waals surface area contributed by atoms with Crippen LogP contribution in [0.2, 0.25) is 0 Å². The highest BCUT2D eigenvalue weighted by Gasteiger charge is 2.38. The Labute approximate surface area is 379 Å². The van der Waals surface area contributed by atoms with Crippen molar-refractivity contribution in [1.29, 1.82) is 0 Å². The van der Waals surface area contributed by atoms with E-state index in [4.69, 9.17) is 0 Å². The Morgan fingerprint density at radius 3 is 2.00 bits per heavy atom. The number of fused-ring (bicyclic) bond motifs is 4. The largest absolute Gasteiger partial charge is 0.361 e.